The van der Waals surface area contributed by atoms with Crippen molar-refractivity contribution >= 4 is 5.97 Å². The summed E-state index contributed by atoms with van der Waals surface area (Å²) >= 11 is 0. The van der Waals surface area contributed by atoms with Crippen molar-refractivity contribution < 1.29 is 9.90 Å². The molecule has 0 aliphatic carbocycles. The Labute approximate surface area is 79.7 Å². The van der Waals surface area contributed by atoms with Crippen LogP contribution in [0.3, 0.4) is 0 Å². The van der Waals surface area contributed by atoms with Gasteiger partial charge in [-0.15, -0.1) is 0 Å². The van der Waals surface area contributed by atoms with Crippen LogP contribution in [-0.4, -0.2) is 36.1 Å². The summed E-state index contributed by atoms with van der Waals surface area (Å²) in [6.07, 6.45) is 0.330. The second-order valence-corrected chi connectivity index (χ2v) is 4.49. The maximum Gasteiger partial charge on any atom is 0.303 e. The molecule has 0 amide bonds. The molecule has 1 unspecified atom stereocenters. The molecule has 1 aliphatic heterocycles. The predicted molar refractivity (Wildman–Crippen MR) is 51.6 cm³/mol. The molecule has 13 heavy (non-hydrogen) atoms. The SMILES string of the molecule is CC(C)C(CC(=O)O)C1CN(C)C1. The summed E-state index contributed by atoms with van der Waals surface area (Å²) in [7, 11) is 2.08. The zero-order valence-electron chi connectivity index (χ0n) is 8.66. The molecule has 1 fully saturated rings. The molecule has 0 aromatic carbocycles. The van der Waals surface area contributed by atoms with Gasteiger partial charge in [0.15, 0.2) is 0 Å². The van der Waals surface area contributed by atoms with Gasteiger partial charge in [0.2, 0.25) is 0 Å². The van der Waals surface area contributed by atoms with Gasteiger partial charge in [-0.25, -0.2) is 0 Å². The monoisotopic (exact) mass is 185 g/mol. The highest BCUT2D eigenvalue weighted by atomic mass is 16.4. The molecule has 1 rings (SSSR count). The first-order valence-corrected chi connectivity index (χ1v) is 4.91. The Morgan fingerprint density at radius 2 is 2.08 bits per heavy atom. The van der Waals surface area contributed by atoms with E-state index in [1.165, 1.54) is 0 Å². The number of carbonyl (C=O) groups is 1. The smallest absolute Gasteiger partial charge is 0.303 e. The molecule has 3 nitrogen and oxygen atoms in total. The predicted octanol–water partition coefficient (Wildman–Crippen LogP) is 1.29. The second kappa shape index (κ2) is 4.09. The van der Waals surface area contributed by atoms with Crippen LogP contribution in [0, 0.1) is 17.8 Å². The van der Waals surface area contributed by atoms with Gasteiger partial charge in [0, 0.05) is 19.5 Å². The zero-order valence-corrected chi connectivity index (χ0v) is 8.66. The molecule has 0 radical (unpaired) electrons. The van der Waals surface area contributed by atoms with E-state index in [2.05, 4.69) is 25.8 Å². The van der Waals surface area contributed by atoms with Gasteiger partial charge >= 0.3 is 5.97 Å². The van der Waals surface area contributed by atoms with Gasteiger partial charge in [-0.1, -0.05) is 13.8 Å². The molecule has 0 aromatic heterocycles. The number of aliphatic carboxylic acids is 1. The molecule has 0 bridgehead atoms. The van der Waals surface area contributed by atoms with Gasteiger partial charge in [-0.05, 0) is 24.8 Å². The molecule has 1 heterocycles. The van der Waals surface area contributed by atoms with Crippen molar-refractivity contribution in [1.82, 2.24) is 4.90 Å². The summed E-state index contributed by atoms with van der Waals surface area (Å²) in [6.45, 7) is 6.37. The van der Waals surface area contributed by atoms with E-state index in [4.69, 9.17) is 5.11 Å². The molecular formula is C10H19NO2. The molecule has 1 atom stereocenters. The fraction of sp³-hybridized carbons (Fsp3) is 0.900. The molecule has 0 spiro atoms. The highest BCUT2D eigenvalue weighted by Crippen LogP contribution is 2.30. The number of rotatable bonds is 4. The van der Waals surface area contributed by atoms with E-state index >= 15 is 0 Å². The Morgan fingerprint density at radius 1 is 1.54 bits per heavy atom. The van der Waals surface area contributed by atoms with Crippen LogP contribution >= 0.6 is 0 Å². The quantitative estimate of drug-likeness (QED) is 0.717. The van der Waals surface area contributed by atoms with Gasteiger partial charge in [-0.3, -0.25) is 4.79 Å². The van der Waals surface area contributed by atoms with E-state index in [0.717, 1.165) is 13.1 Å². The van der Waals surface area contributed by atoms with Crippen LogP contribution in [0.4, 0.5) is 0 Å². The number of carboxylic acid groups (broad SMARTS) is 1. The fourth-order valence-corrected chi connectivity index (χ4v) is 2.17. The lowest BCUT2D eigenvalue weighted by molar-refractivity contribution is -0.139. The summed E-state index contributed by atoms with van der Waals surface area (Å²) in [4.78, 5) is 12.9. The van der Waals surface area contributed by atoms with Gasteiger partial charge in [-0.2, -0.15) is 0 Å². The lowest BCUT2D eigenvalue weighted by Crippen LogP contribution is -2.49. The van der Waals surface area contributed by atoms with Crippen molar-refractivity contribution in [2.45, 2.75) is 20.3 Å². The standard InChI is InChI=1S/C10H19NO2/c1-7(2)9(4-10(12)13)8-5-11(3)6-8/h7-9H,4-6H2,1-3H3,(H,12,13). The van der Waals surface area contributed by atoms with Crippen molar-refractivity contribution in [3.63, 3.8) is 0 Å². The molecule has 3 heteroatoms. The number of likely N-dealkylation sites (tertiary alicyclic amines) is 1. The molecule has 1 aliphatic rings. The van der Waals surface area contributed by atoms with E-state index in [-0.39, 0.29) is 0 Å². The maximum absolute atomic E-state index is 10.6. The first-order chi connectivity index (χ1) is 6.00. The lowest BCUT2D eigenvalue weighted by atomic mass is 9.77. The first-order valence-electron chi connectivity index (χ1n) is 4.91. The summed E-state index contributed by atoms with van der Waals surface area (Å²) in [5.41, 5.74) is 0. The molecule has 0 saturated carbocycles. The summed E-state index contributed by atoms with van der Waals surface area (Å²) in [5.74, 6) is 0.776. The van der Waals surface area contributed by atoms with Crippen LogP contribution in [0.25, 0.3) is 0 Å². The normalized spacial score (nSPS) is 21.5. The van der Waals surface area contributed by atoms with E-state index < -0.39 is 5.97 Å². The lowest BCUT2D eigenvalue weighted by Gasteiger charge is -2.42. The summed E-state index contributed by atoms with van der Waals surface area (Å²) < 4.78 is 0. The van der Waals surface area contributed by atoms with E-state index in [9.17, 15) is 4.79 Å². The topological polar surface area (TPSA) is 40.5 Å². The third kappa shape index (κ3) is 2.69. The first kappa shape index (κ1) is 10.5. The minimum atomic E-state index is -0.659. The molecule has 1 saturated heterocycles. The van der Waals surface area contributed by atoms with Crippen molar-refractivity contribution in [2.24, 2.45) is 17.8 Å². The highest BCUT2D eigenvalue weighted by Gasteiger charge is 2.33. The summed E-state index contributed by atoms with van der Waals surface area (Å²) in [5, 5.41) is 8.75. The minimum absolute atomic E-state index is 0.330. The van der Waals surface area contributed by atoms with Gasteiger partial charge in [0.05, 0.1) is 0 Å². The Balaban J connectivity index is 2.43. The number of carboxylic acids is 1. The number of hydrogen-bond acceptors (Lipinski definition) is 2. The Hall–Kier alpha value is -0.570. The Morgan fingerprint density at radius 3 is 2.38 bits per heavy atom. The number of nitrogens with zero attached hydrogens (tertiary/aromatic N) is 1. The molecule has 0 aromatic rings. The Kier molecular flexibility index (Phi) is 3.31. The number of hydrogen-bond donors (Lipinski definition) is 1. The summed E-state index contributed by atoms with van der Waals surface area (Å²) in [6, 6.07) is 0. The Bertz CT molecular complexity index is 185. The maximum atomic E-state index is 10.6. The van der Waals surface area contributed by atoms with Crippen molar-refractivity contribution in [1.29, 1.82) is 0 Å². The molecular weight excluding hydrogens is 166 g/mol. The second-order valence-electron chi connectivity index (χ2n) is 4.49. The average molecular weight is 185 g/mol. The van der Waals surface area contributed by atoms with Crippen LogP contribution in [0.2, 0.25) is 0 Å². The minimum Gasteiger partial charge on any atom is -0.481 e. The third-order valence-corrected chi connectivity index (χ3v) is 2.96. The van der Waals surface area contributed by atoms with E-state index in [1.54, 1.807) is 0 Å². The van der Waals surface area contributed by atoms with Crippen LogP contribution in [0.15, 0.2) is 0 Å². The van der Waals surface area contributed by atoms with Gasteiger partial charge < -0.3 is 10.0 Å². The van der Waals surface area contributed by atoms with Gasteiger partial charge in [0.25, 0.3) is 0 Å². The van der Waals surface area contributed by atoms with Crippen molar-refractivity contribution in [3.8, 4) is 0 Å². The van der Waals surface area contributed by atoms with Crippen LogP contribution in [0.1, 0.15) is 20.3 Å². The van der Waals surface area contributed by atoms with Crippen molar-refractivity contribution in [2.75, 3.05) is 20.1 Å². The fourth-order valence-electron chi connectivity index (χ4n) is 2.17. The molecule has 76 valence electrons. The van der Waals surface area contributed by atoms with E-state index in [0.29, 0.717) is 24.2 Å². The van der Waals surface area contributed by atoms with Crippen LogP contribution in [-0.2, 0) is 4.79 Å². The molecule has 1 N–H and O–H groups in total. The van der Waals surface area contributed by atoms with Crippen LogP contribution in [0.5, 0.6) is 0 Å². The average Bonchev–Trinajstić information content (AvgIpc) is 1.94. The highest BCUT2D eigenvalue weighted by molar-refractivity contribution is 5.67. The van der Waals surface area contributed by atoms with E-state index in [1.807, 2.05) is 0 Å². The van der Waals surface area contributed by atoms with Crippen molar-refractivity contribution in [3.05, 3.63) is 0 Å². The van der Waals surface area contributed by atoms with Gasteiger partial charge in [0.1, 0.15) is 0 Å². The zero-order chi connectivity index (χ0) is 10.0. The van der Waals surface area contributed by atoms with Crippen LogP contribution < -0.4 is 0 Å². The largest absolute Gasteiger partial charge is 0.481 e. The third-order valence-electron chi connectivity index (χ3n) is 2.96.